The van der Waals surface area contributed by atoms with Gasteiger partial charge in [0, 0.05) is 12.1 Å². The van der Waals surface area contributed by atoms with Crippen LogP contribution in [0.25, 0.3) is 0 Å². The van der Waals surface area contributed by atoms with Crippen LogP contribution >= 0.6 is 0 Å². The molecule has 0 unspecified atom stereocenters. The first-order valence-corrected chi connectivity index (χ1v) is 7.23. The number of carbonyl (C=O) groups excluding carboxylic acids is 1. The first-order chi connectivity index (χ1) is 10.2. The van der Waals surface area contributed by atoms with Gasteiger partial charge in [0.15, 0.2) is 0 Å². The van der Waals surface area contributed by atoms with Crippen LogP contribution in [0.3, 0.4) is 0 Å². The van der Waals surface area contributed by atoms with Gasteiger partial charge in [-0.05, 0) is 48.2 Å². The predicted molar refractivity (Wildman–Crippen MR) is 85.8 cm³/mol. The maximum atomic E-state index is 11.9. The van der Waals surface area contributed by atoms with E-state index in [1.165, 1.54) is 5.56 Å². The van der Waals surface area contributed by atoms with E-state index in [4.69, 9.17) is 4.74 Å². The van der Waals surface area contributed by atoms with Crippen LogP contribution < -0.4 is 10.1 Å². The molecule has 0 saturated carbocycles. The molecule has 0 aliphatic carbocycles. The Kier molecular flexibility index (Phi) is 5.38. The van der Waals surface area contributed by atoms with Crippen molar-refractivity contribution in [3.63, 3.8) is 0 Å². The van der Waals surface area contributed by atoms with Crippen LogP contribution in [-0.2, 0) is 17.6 Å². The predicted octanol–water partition coefficient (Wildman–Crippen LogP) is 3.83. The van der Waals surface area contributed by atoms with Gasteiger partial charge in [-0.3, -0.25) is 4.79 Å². The first kappa shape index (κ1) is 15.1. The quantitative estimate of drug-likeness (QED) is 0.875. The summed E-state index contributed by atoms with van der Waals surface area (Å²) >= 11 is 0. The molecule has 0 radical (unpaired) electrons. The zero-order valence-electron chi connectivity index (χ0n) is 12.6. The highest BCUT2D eigenvalue weighted by atomic mass is 16.5. The van der Waals surface area contributed by atoms with Crippen molar-refractivity contribution in [1.29, 1.82) is 0 Å². The lowest BCUT2D eigenvalue weighted by Crippen LogP contribution is -2.12. The number of nitrogens with one attached hydrogen (secondary N) is 1. The summed E-state index contributed by atoms with van der Waals surface area (Å²) in [5, 5.41) is 2.92. The Hall–Kier alpha value is -2.29. The van der Waals surface area contributed by atoms with Gasteiger partial charge in [0.1, 0.15) is 5.75 Å². The molecule has 110 valence electrons. The third-order valence-electron chi connectivity index (χ3n) is 3.45. The van der Waals surface area contributed by atoms with Crippen molar-refractivity contribution in [2.75, 3.05) is 12.4 Å². The minimum Gasteiger partial charge on any atom is -0.497 e. The highest BCUT2D eigenvalue weighted by molar-refractivity contribution is 5.90. The molecule has 0 bridgehead atoms. The minimum absolute atomic E-state index is 0.0371. The Morgan fingerprint density at radius 3 is 2.19 bits per heavy atom. The fourth-order valence-electron chi connectivity index (χ4n) is 2.10. The van der Waals surface area contributed by atoms with E-state index >= 15 is 0 Å². The average Bonchev–Trinajstić information content (AvgIpc) is 2.54. The van der Waals surface area contributed by atoms with Gasteiger partial charge in [0.05, 0.1) is 7.11 Å². The molecule has 0 heterocycles. The summed E-state index contributed by atoms with van der Waals surface area (Å²) in [5.41, 5.74) is 3.26. The zero-order chi connectivity index (χ0) is 15.1. The molecule has 3 nitrogen and oxygen atoms in total. The summed E-state index contributed by atoms with van der Waals surface area (Å²) < 4.78 is 5.11. The lowest BCUT2D eigenvalue weighted by molar-refractivity contribution is -0.116. The molecule has 0 fully saturated rings. The molecule has 3 heteroatoms. The van der Waals surface area contributed by atoms with Crippen LogP contribution in [0, 0.1) is 0 Å². The molecule has 2 rings (SSSR count). The number of rotatable bonds is 6. The van der Waals surface area contributed by atoms with Crippen LogP contribution in [0.2, 0.25) is 0 Å². The SMILES string of the molecule is CCc1ccc(NC(=O)CCc2ccc(OC)cc2)cc1. The van der Waals surface area contributed by atoms with Gasteiger partial charge in [-0.1, -0.05) is 31.2 Å². The van der Waals surface area contributed by atoms with Crippen molar-refractivity contribution >= 4 is 11.6 Å². The Bertz CT molecular complexity index is 573. The Morgan fingerprint density at radius 2 is 1.62 bits per heavy atom. The lowest BCUT2D eigenvalue weighted by atomic mass is 10.1. The Balaban J connectivity index is 1.83. The summed E-state index contributed by atoms with van der Waals surface area (Å²) in [4.78, 5) is 11.9. The van der Waals surface area contributed by atoms with Gasteiger partial charge in [-0.2, -0.15) is 0 Å². The number of amides is 1. The van der Waals surface area contributed by atoms with Gasteiger partial charge in [0.2, 0.25) is 5.91 Å². The largest absolute Gasteiger partial charge is 0.497 e. The molecule has 0 atom stereocenters. The monoisotopic (exact) mass is 283 g/mol. The van der Waals surface area contributed by atoms with Gasteiger partial charge in [-0.25, -0.2) is 0 Å². The van der Waals surface area contributed by atoms with Crippen molar-refractivity contribution in [3.05, 3.63) is 59.7 Å². The third kappa shape index (κ3) is 4.63. The summed E-state index contributed by atoms with van der Waals surface area (Å²) in [7, 11) is 1.65. The van der Waals surface area contributed by atoms with Crippen LogP contribution in [0.15, 0.2) is 48.5 Å². The zero-order valence-corrected chi connectivity index (χ0v) is 12.6. The van der Waals surface area contributed by atoms with Gasteiger partial charge < -0.3 is 10.1 Å². The molecule has 2 aromatic rings. The number of carbonyl (C=O) groups is 1. The van der Waals surface area contributed by atoms with Crippen molar-refractivity contribution < 1.29 is 9.53 Å². The van der Waals surface area contributed by atoms with E-state index in [1.54, 1.807) is 7.11 Å². The topological polar surface area (TPSA) is 38.3 Å². The van der Waals surface area contributed by atoms with Gasteiger partial charge >= 0.3 is 0 Å². The summed E-state index contributed by atoms with van der Waals surface area (Å²) in [6.07, 6.45) is 2.20. The number of ether oxygens (including phenoxy) is 1. The second-order valence-electron chi connectivity index (χ2n) is 4.95. The number of methoxy groups -OCH3 is 1. The summed E-state index contributed by atoms with van der Waals surface area (Å²) in [5.74, 6) is 0.870. The van der Waals surface area contributed by atoms with E-state index in [9.17, 15) is 4.79 Å². The van der Waals surface area contributed by atoms with Crippen molar-refractivity contribution in [2.45, 2.75) is 26.2 Å². The summed E-state index contributed by atoms with van der Waals surface area (Å²) in [6, 6.07) is 15.8. The smallest absolute Gasteiger partial charge is 0.224 e. The molecule has 1 amide bonds. The third-order valence-corrected chi connectivity index (χ3v) is 3.45. The van der Waals surface area contributed by atoms with Gasteiger partial charge in [-0.15, -0.1) is 0 Å². The van der Waals surface area contributed by atoms with Crippen molar-refractivity contribution in [2.24, 2.45) is 0 Å². The van der Waals surface area contributed by atoms with E-state index in [0.29, 0.717) is 6.42 Å². The van der Waals surface area contributed by atoms with E-state index in [0.717, 1.165) is 29.8 Å². The first-order valence-electron chi connectivity index (χ1n) is 7.23. The Labute approximate surface area is 126 Å². The summed E-state index contributed by atoms with van der Waals surface area (Å²) in [6.45, 7) is 2.11. The normalized spacial score (nSPS) is 10.2. The molecule has 1 N–H and O–H groups in total. The fourth-order valence-corrected chi connectivity index (χ4v) is 2.10. The maximum Gasteiger partial charge on any atom is 0.224 e. The Morgan fingerprint density at radius 1 is 1.00 bits per heavy atom. The number of aryl methyl sites for hydroxylation is 2. The molecule has 0 aliphatic heterocycles. The van der Waals surface area contributed by atoms with Crippen molar-refractivity contribution in [1.82, 2.24) is 0 Å². The van der Waals surface area contributed by atoms with Crippen LogP contribution in [0.5, 0.6) is 5.75 Å². The molecular formula is C18H21NO2. The molecule has 2 aromatic carbocycles. The number of benzene rings is 2. The van der Waals surface area contributed by atoms with Crippen LogP contribution in [-0.4, -0.2) is 13.0 Å². The maximum absolute atomic E-state index is 11.9. The van der Waals surface area contributed by atoms with E-state index in [1.807, 2.05) is 48.5 Å². The molecule has 0 aliphatic rings. The molecular weight excluding hydrogens is 262 g/mol. The molecule has 0 spiro atoms. The van der Waals surface area contributed by atoms with E-state index < -0.39 is 0 Å². The average molecular weight is 283 g/mol. The fraction of sp³-hybridized carbons (Fsp3) is 0.278. The second kappa shape index (κ2) is 7.48. The van der Waals surface area contributed by atoms with E-state index in [2.05, 4.69) is 12.2 Å². The lowest BCUT2D eigenvalue weighted by Gasteiger charge is -2.07. The number of hydrogen-bond donors (Lipinski definition) is 1. The molecule has 21 heavy (non-hydrogen) atoms. The van der Waals surface area contributed by atoms with Crippen LogP contribution in [0.1, 0.15) is 24.5 Å². The van der Waals surface area contributed by atoms with E-state index in [-0.39, 0.29) is 5.91 Å². The van der Waals surface area contributed by atoms with Crippen molar-refractivity contribution in [3.8, 4) is 5.75 Å². The van der Waals surface area contributed by atoms with Gasteiger partial charge in [0.25, 0.3) is 0 Å². The highest BCUT2D eigenvalue weighted by Crippen LogP contribution is 2.14. The van der Waals surface area contributed by atoms with Crippen LogP contribution in [0.4, 0.5) is 5.69 Å². The molecule has 0 aromatic heterocycles. The highest BCUT2D eigenvalue weighted by Gasteiger charge is 2.03. The molecule has 0 saturated heterocycles. The second-order valence-corrected chi connectivity index (χ2v) is 4.95. The minimum atomic E-state index is 0.0371. The standard InChI is InChI=1S/C18H21NO2/c1-3-14-4-9-16(10-5-14)19-18(20)13-8-15-6-11-17(21-2)12-7-15/h4-7,9-12H,3,8,13H2,1-2H3,(H,19,20). The number of anilines is 1. The number of hydrogen-bond acceptors (Lipinski definition) is 2.